The van der Waals surface area contributed by atoms with Crippen molar-refractivity contribution in [1.29, 1.82) is 0 Å². The van der Waals surface area contributed by atoms with Gasteiger partial charge in [0.05, 0.1) is 0 Å². The predicted molar refractivity (Wildman–Crippen MR) is 91.9 cm³/mol. The summed E-state index contributed by atoms with van der Waals surface area (Å²) in [6.07, 6.45) is 13.0. The third-order valence-electron chi connectivity index (χ3n) is 5.87. The summed E-state index contributed by atoms with van der Waals surface area (Å²) in [5.74, 6) is -0.574. The SMILES string of the molecule is C=CCC1CCC(C2CC=C(c3cc(F)c(F)cc3F)CC2)CC1. The Morgan fingerprint density at radius 2 is 1.62 bits per heavy atom. The van der Waals surface area contributed by atoms with Gasteiger partial charge in [0.25, 0.3) is 0 Å². The fourth-order valence-corrected chi connectivity index (χ4v) is 4.43. The number of rotatable bonds is 4. The molecule has 1 atom stereocenters. The smallest absolute Gasteiger partial charge is 0.161 e. The van der Waals surface area contributed by atoms with E-state index in [1.54, 1.807) is 0 Å². The number of allylic oxidation sites excluding steroid dienone is 3. The van der Waals surface area contributed by atoms with Crippen molar-refractivity contribution in [2.45, 2.75) is 51.4 Å². The molecule has 0 radical (unpaired) electrons. The van der Waals surface area contributed by atoms with E-state index < -0.39 is 17.5 Å². The van der Waals surface area contributed by atoms with Crippen molar-refractivity contribution in [3.63, 3.8) is 0 Å². The zero-order valence-electron chi connectivity index (χ0n) is 14.0. The Hall–Kier alpha value is -1.51. The van der Waals surface area contributed by atoms with Crippen LogP contribution in [0.15, 0.2) is 30.9 Å². The monoisotopic (exact) mass is 334 g/mol. The first kappa shape index (κ1) is 17.3. The van der Waals surface area contributed by atoms with Gasteiger partial charge in [0, 0.05) is 11.6 Å². The minimum atomic E-state index is -1.12. The van der Waals surface area contributed by atoms with Gasteiger partial charge in [0.1, 0.15) is 5.82 Å². The molecule has 130 valence electrons. The van der Waals surface area contributed by atoms with Crippen LogP contribution in [0.4, 0.5) is 13.2 Å². The van der Waals surface area contributed by atoms with E-state index in [1.165, 1.54) is 25.7 Å². The molecule has 0 saturated heterocycles. The molecule has 3 rings (SSSR count). The predicted octanol–water partition coefficient (Wildman–Crippen LogP) is 6.67. The summed E-state index contributed by atoms with van der Waals surface area (Å²) in [6.45, 7) is 3.83. The molecule has 0 nitrogen and oxygen atoms in total. The highest BCUT2D eigenvalue weighted by Crippen LogP contribution is 2.42. The summed E-state index contributed by atoms with van der Waals surface area (Å²) in [6, 6.07) is 1.65. The Labute approximate surface area is 142 Å². The molecular formula is C21H25F3. The van der Waals surface area contributed by atoms with E-state index in [2.05, 4.69) is 6.58 Å². The minimum Gasteiger partial charge on any atom is -0.206 e. The molecule has 0 aliphatic heterocycles. The standard InChI is InChI=1S/C21H25F3/c1-2-3-14-4-6-15(7-5-14)16-8-10-17(11-9-16)18-12-20(23)21(24)13-19(18)22/h2,10,12-16H,1,3-9,11H2. The van der Waals surface area contributed by atoms with Gasteiger partial charge in [-0.25, -0.2) is 13.2 Å². The summed E-state index contributed by atoms with van der Waals surface area (Å²) in [4.78, 5) is 0. The maximum Gasteiger partial charge on any atom is 0.161 e. The molecule has 0 bridgehead atoms. The molecule has 1 unspecified atom stereocenters. The highest BCUT2D eigenvalue weighted by molar-refractivity contribution is 5.66. The molecule has 1 fully saturated rings. The number of halogens is 3. The Kier molecular flexibility index (Phi) is 5.47. The molecule has 0 spiro atoms. The average molecular weight is 334 g/mol. The van der Waals surface area contributed by atoms with E-state index >= 15 is 0 Å². The third kappa shape index (κ3) is 3.76. The van der Waals surface area contributed by atoms with Crippen molar-refractivity contribution >= 4 is 5.57 Å². The second-order valence-corrected chi connectivity index (χ2v) is 7.32. The highest BCUT2D eigenvalue weighted by atomic mass is 19.2. The minimum absolute atomic E-state index is 0.224. The van der Waals surface area contributed by atoms with Gasteiger partial charge in [0.2, 0.25) is 0 Å². The first-order valence-corrected chi connectivity index (χ1v) is 9.03. The molecular weight excluding hydrogens is 309 g/mol. The van der Waals surface area contributed by atoms with Gasteiger partial charge in [0.15, 0.2) is 11.6 Å². The Morgan fingerprint density at radius 1 is 0.917 bits per heavy atom. The molecule has 1 aromatic rings. The second kappa shape index (κ2) is 7.58. The lowest BCUT2D eigenvalue weighted by Gasteiger charge is -2.35. The molecule has 2 aliphatic rings. The molecule has 0 aromatic heterocycles. The van der Waals surface area contributed by atoms with Crippen molar-refractivity contribution in [1.82, 2.24) is 0 Å². The lowest BCUT2D eigenvalue weighted by molar-refractivity contribution is 0.195. The van der Waals surface area contributed by atoms with Crippen molar-refractivity contribution < 1.29 is 13.2 Å². The van der Waals surface area contributed by atoms with Crippen LogP contribution in [0.2, 0.25) is 0 Å². The molecule has 0 heterocycles. The van der Waals surface area contributed by atoms with E-state index in [0.29, 0.717) is 12.0 Å². The summed E-state index contributed by atoms with van der Waals surface area (Å²) >= 11 is 0. The lowest BCUT2D eigenvalue weighted by atomic mass is 9.70. The largest absolute Gasteiger partial charge is 0.206 e. The average Bonchev–Trinajstić information content (AvgIpc) is 2.59. The van der Waals surface area contributed by atoms with Crippen molar-refractivity contribution in [3.05, 3.63) is 53.9 Å². The summed E-state index contributed by atoms with van der Waals surface area (Å²) in [5, 5.41) is 0. The van der Waals surface area contributed by atoms with E-state index in [1.807, 2.05) is 12.2 Å². The summed E-state index contributed by atoms with van der Waals surface area (Å²) in [7, 11) is 0. The molecule has 1 aromatic carbocycles. The van der Waals surface area contributed by atoms with Crippen LogP contribution in [-0.4, -0.2) is 0 Å². The van der Waals surface area contributed by atoms with Gasteiger partial charge in [-0.1, -0.05) is 12.2 Å². The number of hydrogen-bond donors (Lipinski definition) is 0. The van der Waals surface area contributed by atoms with E-state index in [4.69, 9.17) is 0 Å². The summed E-state index contributed by atoms with van der Waals surface area (Å²) in [5.41, 5.74) is 1.05. The Morgan fingerprint density at radius 3 is 2.25 bits per heavy atom. The zero-order chi connectivity index (χ0) is 17.1. The van der Waals surface area contributed by atoms with E-state index in [0.717, 1.165) is 49.2 Å². The van der Waals surface area contributed by atoms with Crippen LogP contribution in [0.25, 0.3) is 5.57 Å². The van der Waals surface area contributed by atoms with Gasteiger partial charge in [-0.05, 0) is 80.8 Å². The van der Waals surface area contributed by atoms with E-state index in [-0.39, 0.29) is 5.56 Å². The van der Waals surface area contributed by atoms with Gasteiger partial charge in [-0.2, -0.15) is 0 Å². The first-order chi connectivity index (χ1) is 11.6. The lowest BCUT2D eigenvalue weighted by Crippen LogP contribution is -2.23. The molecule has 1 saturated carbocycles. The van der Waals surface area contributed by atoms with E-state index in [9.17, 15) is 13.2 Å². The van der Waals surface area contributed by atoms with Gasteiger partial charge in [-0.3, -0.25) is 0 Å². The fourth-order valence-electron chi connectivity index (χ4n) is 4.43. The zero-order valence-corrected chi connectivity index (χ0v) is 14.0. The van der Waals surface area contributed by atoms with Crippen LogP contribution < -0.4 is 0 Å². The van der Waals surface area contributed by atoms with Gasteiger partial charge >= 0.3 is 0 Å². The van der Waals surface area contributed by atoms with Crippen LogP contribution >= 0.6 is 0 Å². The first-order valence-electron chi connectivity index (χ1n) is 9.03. The van der Waals surface area contributed by atoms with Crippen LogP contribution in [0.1, 0.15) is 56.9 Å². The molecule has 2 aliphatic carbocycles. The molecule has 24 heavy (non-hydrogen) atoms. The van der Waals surface area contributed by atoms with Crippen LogP contribution in [-0.2, 0) is 0 Å². The topological polar surface area (TPSA) is 0 Å². The molecule has 3 heteroatoms. The van der Waals surface area contributed by atoms with Gasteiger partial charge < -0.3 is 0 Å². The maximum absolute atomic E-state index is 13.9. The maximum atomic E-state index is 13.9. The Bertz CT molecular complexity index is 624. The Balaban J connectivity index is 1.63. The highest BCUT2D eigenvalue weighted by Gasteiger charge is 2.29. The number of hydrogen-bond acceptors (Lipinski definition) is 0. The number of benzene rings is 1. The molecule has 0 N–H and O–H groups in total. The summed E-state index contributed by atoms with van der Waals surface area (Å²) < 4.78 is 40.4. The van der Waals surface area contributed by atoms with Crippen LogP contribution in [0, 0.1) is 35.2 Å². The van der Waals surface area contributed by atoms with Crippen LogP contribution in [0.5, 0.6) is 0 Å². The quantitative estimate of drug-likeness (QED) is 0.426. The molecule has 0 amide bonds. The van der Waals surface area contributed by atoms with Crippen molar-refractivity contribution in [2.75, 3.05) is 0 Å². The fraction of sp³-hybridized carbons (Fsp3) is 0.524. The van der Waals surface area contributed by atoms with Crippen molar-refractivity contribution in [2.24, 2.45) is 17.8 Å². The second-order valence-electron chi connectivity index (χ2n) is 7.32. The third-order valence-corrected chi connectivity index (χ3v) is 5.87. The van der Waals surface area contributed by atoms with Crippen molar-refractivity contribution in [3.8, 4) is 0 Å². The van der Waals surface area contributed by atoms with Crippen LogP contribution in [0.3, 0.4) is 0 Å². The van der Waals surface area contributed by atoms with Gasteiger partial charge in [-0.15, -0.1) is 6.58 Å². The normalized spacial score (nSPS) is 27.6.